The maximum absolute atomic E-state index is 12.1. The standard InChI is InChI=1S/C15H20O8/c1-7-3-2-4-8(17)11(7)9(18)6-22-15-14(21)13(20)12(19)10(5-16)23-15/h2-4,10,12-17,19-21H,5-6H2,1H3. The molecule has 1 aromatic carbocycles. The number of phenols is 1. The number of aliphatic hydroxyl groups is 4. The van der Waals surface area contributed by atoms with Crippen molar-refractivity contribution < 1.29 is 39.8 Å². The van der Waals surface area contributed by atoms with E-state index < -0.39 is 49.7 Å². The SMILES string of the molecule is Cc1cccc(O)c1C(=O)COC1OC(CO)C(O)C(O)C1O. The predicted molar refractivity (Wildman–Crippen MR) is 76.9 cm³/mol. The Morgan fingerprint density at radius 2 is 1.91 bits per heavy atom. The summed E-state index contributed by atoms with van der Waals surface area (Å²) in [6.07, 6.45) is -7.15. The third-order valence-electron chi connectivity index (χ3n) is 3.76. The lowest BCUT2D eigenvalue weighted by atomic mass is 9.99. The van der Waals surface area contributed by atoms with E-state index >= 15 is 0 Å². The quantitative estimate of drug-likeness (QED) is 0.421. The molecule has 2 rings (SSSR count). The van der Waals surface area contributed by atoms with Crippen molar-refractivity contribution in [1.29, 1.82) is 0 Å². The van der Waals surface area contributed by atoms with E-state index in [9.17, 15) is 25.2 Å². The van der Waals surface area contributed by atoms with E-state index in [0.29, 0.717) is 5.56 Å². The summed E-state index contributed by atoms with van der Waals surface area (Å²) < 4.78 is 10.3. The van der Waals surface area contributed by atoms with E-state index in [1.807, 2.05) is 0 Å². The van der Waals surface area contributed by atoms with Crippen molar-refractivity contribution in [2.45, 2.75) is 37.6 Å². The minimum absolute atomic E-state index is 0.0945. The number of aliphatic hydroxyl groups excluding tert-OH is 4. The van der Waals surface area contributed by atoms with Gasteiger partial charge in [0.05, 0.1) is 12.2 Å². The lowest BCUT2D eigenvalue weighted by molar-refractivity contribution is -0.298. The number of hydrogen-bond acceptors (Lipinski definition) is 8. The zero-order valence-corrected chi connectivity index (χ0v) is 12.5. The molecule has 1 heterocycles. The van der Waals surface area contributed by atoms with Crippen molar-refractivity contribution in [3.8, 4) is 5.75 Å². The molecule has 1 aliphatic rings. The third kappa shape index (κ3) is 3.69. The topological polar surface area (TPSA) is 137 Å². The van der Waals surface area contributed by atoms with Crippen LogP contribution in [0.25, 0.3) is 0 Å². The van der Waals surface area contributed by atoms with Gasteiger partial charge in [-0.2, -0.15) is 0 Å². The fourth-order valence-corrected chi connectivity index (χ4v) is 2.45. The van der Waals surface area contributed by atoms with Gasteiger partial charge in [-0.15, -0.1) is 0 Å². The Labute approximate surface area is 132 Å². The van der Waals surface area contributed by atoms with Crippen LogP contribution in [-0.2, 0) is 9.47 Å². The lowest BCUT2D eigenvalue weighted by Gasteiger charge is -2.39. The molecule has 0 aliphatic carbocycles. The minimum atomic E-state index is -1.58. The van der Waals surface area contributed by atoms with Crippen LogP contribution in [0.2, 0.25) is 0 Å². The van der Waals surface area contributed by atoms with Gasteiger partial charge >= 0.3 is 0 Å². The Morgan fingerprint density at radius 1 is 1.22 bits per heavy atom. The number of ketones is 1. The molecule has 0 amide bonds. The van der Waals surface area contributed by atoms with E-state index in [-0.39, 0.29) is 11.3 Å². The summed E-state index contributed by atoms with van der Waals surface area (Å²) in [6.45, 7) is 0.555. The number of carbonyl (C=O) groups excluding carboxylic acids is 1. The van der Waals surface area contributed by atoms with Crippen LogP contribution in [0.15, 0.2) is 18.2 Å². The van der Waals surface area contributed by atoms with Crippen molar-refractivity contribution in [3.63, 3.8) is 0 Å². The Kier molecular flexibility index (Phi) is 5.69. The van der Waals surface area contributed by atoms with Gasteiger partial charge in [0.2, 0.25) is 0 Å². The molecule has 5 atom stereocenters. The highest BCUT2D eigenvalue weighted by Crippen LogP contribution is 2.24. The average molecular weight is 328 g/mol. The van der Waals surface area contributed by atoms with Gasteiger partial charge < -0.3 is 35.0 Å². The van der Waals surface area contributed by atoms with Crippen LogP contribution in [0, 0.1) is 6.92 Å². The summed E-state index contributed by atoms with van der Waals surface area (Å²) in [5.74, 6) is -0.718. The first-order valence-corrected chi connectivity index (χ1v) is 7.10. The highest BCUT2D eigenvalue weighted by Gasteiger charge is 2.44. The van der Waals surface area contributed by atoms with Gasteiger partial charge in [0.15, 0.2) is 12.1 Å². The normalized spacial score (nSPS) is 31.1. The fourth-order valence-electron chi connectivity index (χ4n) is 2.45. The molecule has 0 radical (unpaired) electrons. The number of aromatic hydroxyl groups is 1. The van der Waals surface area contributed by atoms with E-state index in [4.69, 9.17) is 14.6 Å². The van der Waals surface area contributed by atoms with Gasteiger partial charge in [-0.25, -0.2) is 0 Å². The number of phenolic OH excluding ortho intramolecular Hbond substituents is 1. The summed E-state index contributed by atoms with van der Waals surface area (Å²) in [7, 11) is 0. The number of hydrogen-bond donors (Lipinski definition) is 5. The molecule has 23 heavy (non-hydrogen) atoms. The Morgan fingerprint density at radius 3 is 2.52 bits per heavy atom. The molecule has 1 fully saturated rings. The van der Waals surface area contributed by atoms with Crippen molar-refractivity contribution in [2.24, 2.45) is 0 Å². The summed E-state index contributed by atoms with van der Waals surface area (Å²) in [4.78, 5) is 12.1. The molecule has 1 aliphatic heterocycles. The molecule has 0 saturated carbocycles. The lowest BCUT2D eigenvalue weighted by Crippen LogP contribution is -2.59. The molecule has 128 valence electrons. The highest BCUT2D eigenvalue weighted by molar-refractivity contribution is 6.00. The maximum atomic E-state index is 12.1. The van der Waals surface area contributed by atoms with Gasteiger partial charge in [-0.05, 0) is 18.6 Å². The van der Waals surface area contributed by atoms with Crippen molar-refractivity contribution in [3.05, 3.63) is 29.3 Å². The van der Waals surface area contributed by atoms with Crippen molar-refractivity contribution in [1.82, 2.24) is 0 Å². The number of aryl methyl sites for hydroxylation is 1. The molecule has 5 N–H and O–H groups in total. The smallest absolute Gasteiger partial charge is 0.192 e. The van der Waals surface area contributed by atoms with Gasteiger partial charge in [0, 0.05) is 0 Å². The predicted octanol–water partition coefficient (Wildman–Crippen LogP) is -1.30. The van der Waals surface area contributed by atoms with Crippen molar-refractivity contribution >= 4 is 5.78 Å². The van der Waals surface area contributed by atoms with E-state index in [1.54, 1.807) is 19.1 Å². The summed E-state index contributed by atoms with van der Waals surface area (Å²) in [5.41, 5.74) is 0.657. The second kappa shape index (κ2) is 7.35. The van der Waals surface area contributed by atoms with E-state index in [2.05, 4.69) is 0 Å². The molecule has 0 spiro atoms. The number of ether oxygens (including phenoxy) is 2. The Balaban J connectivity index is 2.03. The van der Waals surface area contributed by atoms with Gasteiger partial charge in [-0.1, -0.05) is 12.1 Å². The first-order valence-electron chi connectivity index (χ1n) is 7.10. The van der Waals surface area contributed by atoms with Crippen LogP contribution in [0.3, 0.4) is 0 Å². The average Bonchev–Trinajstić information content (AvgIpc) is 2.52. The van der Waals surface area contributed by atoms with Crippen LogP contribution >= 0.6 is 0 Å². The first kappa shape index (κ1) is 17.8. The molecule has 0 bridgehead atoms. The zero-order valence-electron chi connectivity index (χ0n) is 12.5. The largest absolute Gasteiger partial charge is 0.507 e. The van der Waals surface area contributed by atoms with E-state index in [1.165, 1.54) is 6.07 Å². The number of rotatable bonds is 5. The summed E-state index contributed by atoms with van der Waals surface area (Å²) >= 11 is 0. The third-order valence-corrected chi connectivity index (χ3v) is 3.76. The fraction of sp³-hybridized carbons (Fsp3) is 0.533. The maximum Gasteiger partial charge on any atom is 0.192 e. The number of Topliss-reactive ketones (excluding diaryl/α,β-unsaturated/α-hetero) is 1. The molecule has 8 nitrogen and oxygen atoms in total. The molecule has 1 saturated heterocycles. The van der Waals surface area contributed by atoms with Crippen LogP contribution < -0.4 is 0 Å². The molecule has 1 aromatic rings. The Hall–Kier alpha value is -1.55. The monoisotopic (exact) mass is 328 g/mol. The van der Waals surface area contributed by atoms with Crippen LogP contribution in [-0.4, -0.2) is 75.2 Å². The summed E-state index contributed by atoms with van der Waals surface area (Å²) in [6, 6.07) is 4.62. The summed E-state index contributed by atoms with van der Waals surface area (Å²) in [5, 5.41) is 47.9. The first-order chi connectivity index (χ1) is 10.9. The molecule has 0 aromatic heterocycles. The number of benzene rings is 1. The van der Waals surface area contributed by atoms with Crippen LogP contribution in [0.4, 0.5) is 0 Å². The zero-order chi connectivity index (χ0) is 17.1. The van der Waals surface area contributed by atoms with E-state index in [0.717, 1.165) is 0 Å². The second-order valence-electron chi connectivity index (χ2n) is 5.40. The van der Waals surface area contributed by atoms with Gasteiger partial charge in [0.1, 0.15) is 36.8 Å². The highest BCUT2D eigenvalue weighted by atomic mass is 16.7. The van der Waals surface area contributed by atoms with Crippen LogP contribution in [0.5, 0.6) is 5.75 Å². The molecular formula is C15H20O8. The molecular weight excluding hydrogens is 308 g/mol. The molecule has 8 heteroatoms. The Bertz CT molecular complexity index is 538. The minimum Gasteiger partial charge on any atom is -0.507 e. The molecule has 5 unspecified atom stereocenters. The second-order valence-corrected chi connectivity index (χ2v) is 5.40. The van der Waals surface area contributed by atoms with Crippen LogP contribution in [0.1, 0.15) is 15.9 Å². The van der Waals surface area contributed by atoms with Crippen molar-refractivity contribution in [2.75, 3.05) is 13.2 Å². The number of carbonyl (C=O) groups is 1. The van der Waals surface area contributed by atoms with Gasteiger partial charge in [0.25, 0.3) is 0 Å². The van der Waals surface area contributed by atoms with Gasteiger partial charge in [-0.3, -0.25) is 4.79 Å².